The second kappa shape index (κ2) is 7.13. The smallest absolute Gasteiger partial charge is 0.327 e. The number of hydrogen-bond acceptors (Lipinski definition) is 3. The number of nitrogens with one attached hydrogen (secondary N) is 1. The van der Waals surface area contributed by atoms with Gasteiger partial charge in [-0.2, -0.15) is 11.8 Å². The molecule has 1 aromatic carbocycles. The molecule has 4 nitrogen and oxygen atoms in total. The van der Waals surface area contributed by atoms with Gasteiger partial charge in [-0.1, -0.05) is 6.07 Å². The van der Waals surface area contributed by atoms with Gasteiger partial charge in [-0.05, 0) is 30.2 Å². The molecule has 0 aliphatic heterocycles. The van der Waals surface area contributed by atoms with E-state index in [-0.39, 0.29) is 17.5 Å². The lowest BCUT2D eigenvalue weighted by atomic mass is 10.1. The summed E-state index contributed by atoms with van der Waals surface area (Å²) in [6.45, 7) is 3.15. The van der Waals surface area contributed by atoms with E-state index in [9.17, 15) is 14.0 Å². The zero-order chi connectivity index (χ0) is 14.4. The summed E-state index contributed by atoms with van der Waals surface area (Å²) in [5, 5.41) is 11.3. The maximum Gasteiger partial charge on any atom is 0.327 e. The van der Waals surface area contributed by atoms with E-state index in [1.165, 1.54) is 30.8 Å². The van der Waals surface area contributed by atoms with Crippen LogP contribution in [0.2, 0.25) is 0 Å². The molecule has 0 radical (unpaired) electrons. The summed E-state index contributed by atoms with van der Waals surface area (Å²) in [4.78, 5) is 21.8. The molecule has 2 N–H and O–H groups in total. The number of aliphatic carboxylic acids is 1. The van der Waals surface area contributed by atoms with Crippen LogP contribution in [0.1, 0.15) is 18.1 Å². The molecule has 0 bridgehead atoms. The molecule has 0 fully saturated rings. The number of rotatable bonds is 6. The summed E-state index contributed by atoms with van der Waals surface area (Å²) in [5.74, 6) is -1.01. The highest BCUT2D eigenvalue weighted by Crippen LogP contribution is 2.18. The molecular weight excluding hydrogens is 269 g/mol. The Balaban J connectivity index is 2.54. The molecular formula is C13H16FNO3S. The molecule has 104 valence electrons. The van der Waals surface area contributed by atoms with Crippen LogP contribution >= 0.6 is 11.8 Å². The van der Waals surface area contributed by atoms with Crippen LogP contribution < -0.4 is 5.32 Å². The number of carbonyl (C=O) groups is 2. The topological polar surface area (TPSA) is 66.4 Å². The average Bonchev–Trinajstić information content (AvgIpc) is 2.31. The highest BCUT2D eigenvalue weighted by molar-refractivity contribution is 7.98. The van der Waals surface area contributed by atoms with Crippen LogP contribution in [0.3, 0.4) is 0 Å². The van der Waals surface area contributed by atoms with E-state index in [4.69, 9.17) is 5.11 Å². The summed E-state index contributed by atoms with van der Waals surface area (Å²) in [6.07, 6.45) is 0. The van der Waals surface area contributed by atoms with E-state index in [2.05, 4.69) is 5.32 Å². The van der Waals surface area contributed by atoms with E-state index in [0.717, 1.165) is 11.1 Å². The van der Waals surface area contributed by atoms with Crippen molar-refractivity contribution in [2.75, 3.05) is 5.75 Å². The fraction of sp³-hybridized carbons (Fsp3) is 0.385. The van der Waals surface area contributed by atoms with Crippen molar-refractivity contribution in [3.05, 3.63) is 35.1 Å². The first-order valence-corrected chi connectivity index (χ1v) is 6.88. The molecule has 0 heterocycles. The van der Waals surface area contributed by atoms with Gasteiger partial charge in [-0.3, -0.25) is 4.79 Å². The van der Waals surface area contributed by atoms with Gasteiger partial charge in [0.05, 0.1) is 0 Å². The fourth-order valence-electron chi connectivity index (χ4n) is 1.50. The van der Waals surface area contributed by atoms with Crippen LogP contribution in [0.15, 0.2) is 18.2 Å². The second-order valence-corrected chi connectivity index (χ2v) is 5.21. The standard InChI is InChI=1S/C13H16FNO3S/c1-8-3-4-11(14)5-10(8)6-19-7-12(13(17)18)15-9(2)16/h3-5,12H,6-7H2,1-2H3,(H,15,16)(H,17,18). The number of thioether (sulfide) groups is 1. The Bertz CT molecular complexity index is 479. The van der Waals surface area contributed by atoms with Crippen LogP contribution in [0.4, 0.5) is 4.39 Å². The number of amides is 1. The van der Waals surface area contributed by atoms with Crippen LogP contribution in [0.5, 0.6) is 0 Å². The van der Waals surface area contributed by atoms with Crippen molar-refractivity contribution in [2.24, 2.45) is 0 Å². The fourth-order valence-corrected chi connectivity index (χ4v) is 2.61. The van der Waals surface area contributed by atoms with Gasteiger partial charge in [-0.25, -0.2) is 9.18 Å². The van der Waals surface area contributed by atoms with Crippen LogP contribution in [0.25, 0.3) is 0 Å². The van der Waals surface area contributed by atoms with Crippen molar-refractivity contribution < 1.29 is 19.1 Å². The summed E-state index contributed by atoms with van der Waals surface area (Å²) in [6, 6.07) is 3.60. The Labute approximate surface area is 115 Å². The molecule has 0 saturated heterocycles. The van der Waals surface area contributed by atoms with E-state index in [1.54, 1.807) is 6.07 Å². The highest BCUT2D eigenvalue weighted by Gasteiger charge is 2.18. The van der Waals surface area contributed by atoms with Crippen molar-refractivity contribution in [3.63, 3.8) is 0 Å². The summed E-state index contributed by atoms with van der Waals surface area (Å²) in [5.41, 5.74) is 1.79. The average molecular weight is 285 g/mol. The van der Waals surface area contributed by atoms with E-state index >= 15 is 0 Å². The lowest BCUT2D eigenvalue weighted by Crippen LogP contribution is -2.41. The molecule has 1 aromatic rings. The molecule has 1 rings (SSSR count). The third-order valence-corrected chi connectivity index (χ3v) is 3.61. The Kier molecular flexibility index (Phi) is 5.82. The van der Waals surface area contributed by atoms with Crippen molar-refractivity contribution in [1.82, 2.24) is 5.32 Å². The molecule has 0 aliphatic rings. The maximum absolute atomic E-state index is 13.1. The minimum absolute atomic E-state index is 0.241. The Morgan fingerprint density at radius 3 is 2.74 bits per heavy atom. The van der Waals surface area contributed by atoms with Crippen LogP contribution in [-0.4, -0.2) is 28.8 Å². The maximum atomic E-state index is 13.1. The van der Waals surface area contributed by atoms with Crippen LogP contribution in [-0.2, 0) is 15.3 Å². The number of aryl methyl sites for hydroxylation is 1. The van der Waals surface area contributed by atoms with Gasteiger partial charge in [0.25, 0.3) is 0 Å². The first-order chi connectivity index (χ1) is 8.90. The SMILES string of the molecule is CC(=O)NC(CSCc1cc(F)ccc1C)C(=O)O. The molecule has 0 aromatic heterocycles. The first-order valence-electron chi connectivity index (χ1n) is 5.73. The number of carboxylic acid groups (broad SMARTS) is 1. The number of carbonyl (C=O) groups excluding carboxylic acids is 1. The first kappa shape index (κ1) is 15.5. The van der Waals surface area contributed by atoms with Gasteiger partial charge < -0.3 is 10.4 Å². The molecule has 1 atom stereocenters. The second-order valence-electron chi connectivity index (χ2n) is 4.18. The van der Waals surface area contributed by atoms with Gasteiger partial charge in [-0.15, -0.1) is 0 Å². The van der Waals surface area contributed by atoms with E-state index in [0.29, 0.717) is 5.75 Å². The molecule has 1 unspecified atom stereocenters. The zero-order valence-corrected chi connectivity index (χ0v) is 11.6. The molecule has 0 spiro atoms. The zero-order valence-electron chi connectivity index (χ0n) is 10.8. The van der Waals surface area contributed by atoms with E-state index in [1.807, 2.05) is 6.92 Å². The van der Waals surface area contributed by atoms with Gasteiger partial charge in [0.15, 0.2) is 0 Å². The highest BCUT2D eigenvalue weighted by atomic mass is 32.2. The monoisotopic (exact) mass is 285 g/mol. The Hall–Kier alpha value is -1.56. The van der Waals surface area contributed by atoms with Gasteiger partial charge in [0.2, 0.25) is 5.91 Å². The van der Waals surface area contributed by atoms with Gasteiger partial charge in [0.1, 0.15) is 11.9 Å². The largest absolute Gasteiger partial charge is 0.480 e. The molecule has 6 heteroatoms. The van der Waals surface area contributed by atoms with Crippen molar-refractivity contribution >= 4 is 23.6 Å². The summed E-state index contributed by atoms with van der Waals surface area (Å²) < 4.78 is 13.1. The molecule has 19 heavy (non-hydrogen) atoms. The lowest BCUT2D eigenvalue weighted by molar-refractivity contribution is -0.140. The van der Waals surface area contributed by atoms with Gasteiger partial charge >= 0.3 is 5.97 Å². The summed E-state index contributed by atoms with van der Waals surface area (Å²) in [7, 11) is 0. The quantitative estimate of drug-likeness (QED) is 0.838. The van der Waals surface area contributed by atoms with Crippen molar-refractivity contribution in [2.45, 2.75) is 25.6 Å². The van der Waals surface area contributed by atoms with Crippen molar-refractivity contribution in [3.8, 4) is 0 Å². The van der Waals surface area contributed by atoms with Crippen molar-refractivity contribution in [1.29, 1.82) is 0 Å². The summed E-state index contributed by atoms with van der Waals surface area (Å²) >= 11 is 1.35. The molecule has 1 amide bonds. The third-order valence-electron chi connectivity index (χ3n) is 2.53. The lowest BCUT2D eigenvalue weighted by Gasteiger charge is -2.13. The number of hydrogen-bond donors (Lipinski definition) is 2. The van der Waals surface area contributed by atoms with Gasteiger partial charge in [0, 0.05) is 18.4 Å². The third kappa shape index (κ3) is 5.30. The Morgan fingerprint density at radius 2 is 2.16 bits per heavy atom. The predicted octanol–water partition coefficient (Wildman–Crippen LogP) is 1.96. The number of carboxylic acids is 1. The minimum atomic E-state index is -1.07. The molecule has 0 saturated carbocycles. The minimum Gasteiger partial charge on any atom is -0.480 e. The number of halogens is 1. The van der Waals surface area contributed by atoms with E-state index < -0.39 is 12.0 Å². The normalized spacial score (nSPS) is 11.9. The van der Waals surface area contributed by atoms with Crippen LogP contribution in [0, 0.1) is 12.7 Å². The Morgan fingerprint density at radius 1 is 1.47 bits per heavy atom. The molecule has 0 aliphatic carbocycles. The number of benzene rings is 1. The predicted molar refractivity (Wildman–Crippen MR) is 72.5 cm³/mol.